The Bertz CT molecular complexity index is 849. The lowest BCUT2D eigenvalue weighted by molar-refractivity contribution is -0.117. The van der Waals surface area contributed by atoms with Gasteiger partial charge < -0.3 is 20.1 Å². The van der Waals surface area contributed by atoms with Gasteiger partial charge >= 0.3 is 0 Å². The van der Waals surface area contributed by atoms with Crippen molar-refractivity contribution in [2.75, 3.05) is 10.6 Å². The first-order valence-electron chi connectivity index (χ1n) is 9.67. The predicted molar refractivity (Wildman–Crippen MR) is 107 cm³/mol. The molecule has 6 heteroatoms. The third-order valence-electron chi connectivity index (χ3n) is 5.26. The van der Waals surface area contributed by atoms with Crippen LogP contribution in [-0.4, -0.2) is 24.0 Å². The number of carbonyl (C=O) groups is 2. The normalized spacial score (nSPS) is 17.5. The highest BCUT2D eigenvalue weighted by atomic mass is 16.5. The summed E-state index contributed by atoms with van der Waals surface area (Å²) in [5.74, 6) is 1.46. The average Bonchev–Trinajstić information content (AvgIpc) is 2.67. The summed E-state index contributed by atoms with van der Waals surface area (Å²) in [6.07, 6.45) is 2.15. The molecule has 0 aliphatic carbocycles. The minimum absolute atomic E-state index is 0.0360. The molecule has 0 aromatic heterocycles. The molecule has 0 saturated heterocycles. The number of hydrogen-bond donors (Lipinski definition) is 2. The summed E-state index contributed by atoms with van der Waals surface area (Å²) < 4.78 is 12.1. The summed E-state index contributed by atoms with van der Waals surface area (Å²) in [6, 6.07) is 11.6. The fraction of sp³-hybridized carbons (Fsp3) is 0.364. The van der Waals surface area contributed by atoms with E-state index in [1.165, 1.54) is 0 Å². The van der Waals surface area contributed by atoms with Crippen LogP contribution in [0, 0.1) is 0 Å². The zero-order chi connectivity index (χ0) is 19.7. The van der Waals surface area contributed by atoms with Crippen LogP contribution >= 0.6 is 0 Å². The number of carbonyl (C=O) groups excluding carboxylic acids is 2. The highest BCUT2D eigenvalue weighted by Gasteiger charge is 2.20. The summed E-state index contributed by atoms with van der Waals surface area (Å²) in [5.41, 5.74) is 3.89. The molecular weight excluding hydrogens is 356 g/mol. The molecule has 4 rings (SSSR count). The molecule has 2 unspecified atom stereocenters. The van der Waals surface area contributed by atoms with Gasteiger partial charge in [-0.15, -0.1) is 0 Å². The molecule has 0 fully saturated rings. The minimum atomic E-state index is -0.206. The molecular formula is C22H24N2O4. The van der Waals surface area contributed by atoms with Gasteiger partial charge in [0.1, 0.15) is 23.7 Å². The third kappa shape index (κ3) is 3.96. The first-order valence-corrected chi connectivity index (χ1v) is 9.67. The molecule has 2 aliphatic rings. The molecule has 2 aromatic rings. The van der Waals surface area contributed by atoms with E-state index < -0.39 is 0 Å². The van der Waals surface area contributed by atoms with Crippen LogP contribution in [0.3, 0.4) is 0 Å². The van der Waals surface area contributed by atoms with Gasteiger partial charge in [-0.25, -0.2) is 0 Å². The second kappa shape index (κ2) is 7.54. The summed E-state index contributed by atoms with van der Waals surface area (Å²) in [4.78, 5) is 23.2. The van der Waals surface area contributed by atoms with E-state index >= 15 is 0 Å². The maximum Gasteiger partial charge on any atom is 0.224 e. The minimum Gasteiger partial charge on any atom is -0.487 e. The first kappa shape index (κ1) is 18.3. The number of rotatable bonds is 5. The van der Waals surface area contributed by atoms with E-state index in [0.29, 0.717) is 24.3 Å². The molecule has 28 heavy (non-hydrogen) atoms. The summed E-state index contributed by atoms with van der Waals surface area (Å²) in [6.45, 7) is 3.89. The number of ether oxygens (including phenoxy) is 2. The van der Waals surface area contributed by atoms with Gasteiger partial charge in [0.15, 0.2) is 0 Å². The first-order chi connectivity index (χ1) is 13.5. The summed E-state index contributed by atoms with van der Waals surface area (Å²) in [7, 11) is 0. The van der Waals surface area contributed by atoms with Crippen molar-refractivity contribution in [2.45, 2.75) is 51.7 Å². The average molecular weight is 380 g/mol. The van der Waals surface area contributed by atoms with Crippen molar-refractivity contribution in [3.63, 3.8) is 0 Å². The van der Waals surface area contributed by atoms with Crippen molar-refractivity contribution < 1.29 is 19.1 Å². The van der Waals surface area contributed by atoms with Gasteiger partial charge in [0.05, 0.1) is 0 Å². The van der Waals surface area contributed by atoms with Gasteiger partial charge in [0.2, 0.25) is 11.8 Å². The fourth-order valence-corrected chi connectivity index (χ4v) is 3.47. The van der Waals surface area contributed by atoms with Crippen LogP contribution in [0.1, 0.15) is 37.8 Å². The van der Waals surface area contributed by atoms with E-state index in [1.807, 2.05) is 50.2 Å². The largest absolute Gasteiger partial charge is 0.487 e. The molecule has 2 heterocycles. The van der Waals surface area contributed by atoms with Crippen molar-refractivity contribution in [1.29, 1.82) is 0 Å². The number of anilines is 2. The topological polar surface area (TPSA) is 76.7 Å². The van der Waals surface area contributed by atoms with Gasteiger partial charge in [-0.05, 0) is 49.9 Å². The smallest absolute Gasteiger partial charge is 0.224 e. The maximum atomic E-state index is 11.6. The van der Waals surface area contributed by atoms with Crippen LogP contribution in [0.4, 0.5) is 11.4 Å². The Morgan fingerprint density at radius 3 is 1.57 bits per heavy atom. The van der Waals surface area contributed by atoms with Crippen molar-refractivity contribution >= 4 is 23.2 Å². The highest BCUT2D eigenvalue weighted by Crippen LogP contribution is 2.30. The molecule has 2 N–H and O–H groups in total. The van der Waals surface area contributed by atoms with E-state index in [0.717, 1.165) is 35.3 Å². The Labute approximate surface area is 164 Å². The standard InChI is InChI=1S/C22H24N2O4/c1-13(27-17-7-3-15-5-9-21(25)23-19(15)11-17)14(2)28-18-8-4-16-6-10-22(26)24-20(16)12-18/h3-4,7-8,11-14H,5-6,9-10H2,1-2H3,(H,23,25)(H,24,26). The zero-order valence-electron chi connectivity index (χ0n) is 16.1. The van der Waals surface area contributed by atoms with Crippen LogP contribution in [0.25, 0.3) is 0 Å². The van der Waals surface area contributed by atoms with Gasteiger partial charge in [-0.2, -0.15) is 0 Å². The Morgan fingerprint density at radius 2 is 1.14 bits per heavy atom. The number of amides is 2. The molecule has 146 valence electrons. The van der Waals surface area contributed by atoms with Crippen LogP contribution in [0.2, 0.25) is 0 Å². The SMILES string of the molecule is CC(Oc1ccc2c(c1)NC(=O)CC2)C(C)Oc1ccc2c(c1)NC(=O)CC2. The Balaban J connectivity index is 1.41. The Hall–Kier alpha value is -3.02. The van der Waals surface area contributed by atoms with Crippen LogP contribution in [-0.2, 0) is 22.4 Å². The Kier molecular flexibility index (Phi) is 4.94. The highest BCUT2D eigenvalue weighted by molar-refractivity contribution is 5.94. The molecule has 2 aromatic carbocycles. The van der Waals surface area contributed by atoms with Crippen molar-refractivity contribution in [1.82, 2.24) is 0 Å². The third-order valence-corrected chi connectivity index (χ3v) is 5.26. The number of hydrogen-bond acceptors (Lipinski definition) is 4. The molecule has 0 bridgehead atoms. The van der Waals surface area contributed by atoms with Gasteiger partial charge in [-0.3, -0.25) is 9.59 Å². The van der Waals surface area contributed by atoms with E-state index in [2.05, 4.69) is 10.6 Å². The molecule has 2 atom stereocenters. The lowest BCUT2D eigenvalue weighted by atomic mass is 10.0. The van der Waals surface area contributed by atoms with E-state index in [9.17, 15) is 9.59 Å². The second-order valence-electron chi connectivity index (χ2n) is 7.38. The monoisotopic (exact) mass is 380 g/mol. The second-order valence-corrected chi connectivity index (χ2v) is 7.38. The molecule has 2 aliphatic heterocycles. The molecule has 6 nitrogen and oxygen atoms in total. The molecule has 0 spiro atoms. The van der Waals surface area contributed by atoms with E-state index in [4.69, 9.17) is 9.47 Å². The summed E-state index contributed by atoms with van der Waals surface area (Å²) in [5, 5.41) is 5.78. The Morgan fingerprint density at radius 1 is 0.714 bits per heavy atom. The lowest BCUT2D eigenvalue weighted by Crippen LogP contribution is -2.31. The fourth-order valence-electron chi connectivity index (χ4n) is 3.47. The predicted octanol–water partition coefficient (Wildman–Crippen LogP) is 3.69. The number of benzene rings is 2. The van der Waals surface area contributed by atoms with Crippen molar-refractivity contribution in [3.8, 4) is 11.5 Å². The molecule has 0 saturated carbocycles. The molecule has 0 radical (unpaired) electrons. The number of fused-ring (bicyclic) bond motifs is 2. The van der Waals surface area contributed by atoms with Crippen molar-refractivity contribution in [2.24, 2.45) is 0 Å². The number of aryl methyl sites for hydroxylation is 2. The van der Waals surface area contributed by atoms with Crippen LogP contribution < -0.4 is 20.1 Å². The van der Waals surface area contributed by atoms with Gasteiger partial charge in [0, 0.05) is 36.3 Å². The van der Waals surface area contributed by atoms with E-state index in [1.54, 1.807) is 0 Å². The molecule has 2 amide bonds. The van der Waals surface area contributed by atoms with Crippen molar-refractivity contribution in [3.05, 3.63) is 47.5 Å². The zero-order valence-corrected chi connectivity index (χ0v) is 16.1. The van der Waals surface area contributed by atoms with E-state index in [-0.39, 0.29) is 24.0 Å². The van der Waals surface area contributed by atoms with Gasteiger partial charge in [0.25, 0.3) is 0 Å². The van der Waals surface area contributed by atoms with Gasteiger partial charge in [-0.1, -0.05) is 12.1 Å². The van der Waals surface area contributed by atoms with Crippen LogP contribution in [0.15, 0.2) is 36.4 Å². The quantitative estimate of drug-likeness (QED) is 0.829. The maximum absolute atomic E-state index is 11.6. The summed E-state index contributed by atoms with van der Waals surface area (Å²) >= 11 is 0. The lowest BCUT2D eigenvalue weighted by Gasteiger charge is -2.25. The number of nitrogens with one attached hydrogen (secondary N) is 2. The van der Waals surface area contributed by atoms with Crippen LogP contribution in [0.5, 0.6) is 11.5 Å².